The molecule has 0 fully saturated rings. The minimum atomic E-state index is 0. The number of fused-ring (bicyclic) bond motifs is 8. The van der Waals surface area contributed by atoms with Gasteiger partial charge in [0.1, 0.15) is 0 Å². The Kier molecular flexibility index (Phi) is 3.87. The molecule has 4 nitrogen and oxygen atoms in total. The van der Waals surface area contributed by atoms with E-state index in [9.17, 15) is 0 Å². The average molecular weight is 368 g/mol. The third-order valence-corrected chi connectivity index (χ3v) is 3.97. The summed E-state index contributed by atoms with van der Waals surface area (Å²) in [5.74, 6) is 0. The SMILES string of the molecule is [C-]1=Cc2cc3nc(cc4ccc(cc5ccc(cc1n2)[nH]5)[nH]4)C=C3.[Co]. The van der Waals surface area contributed by atoms with E-state index in [-0.39, 0.29) is 16.8 Å². The first-order valence-electron chi connectivity index (χ1n) is 7.76. The van der Waals surface area contributed by atoms with Crippen LogP contribution in [-0.4, -0.2) is 19.9 Å². The summed E-state index contributed by atoms with van der Waals surface area (Å²) in [6.45, 7) is 0. The van der Waals surface area contributed by atoms with Crippen molar-refractivity contribution in [1.29, 1.82) is 0 Å². The molecule has 0 amide bonds. The summed E-state index contributed by atoms with van der Waals surface area (Å²) in [7, 11) is 0. The van der Waals surface area contributed by atoms with Crippen molar-refractivity contribution in [2.75, 3.05) is 0 Å². The van der Waals surface area contributed by atoms with Gasteiger partial charge in [-0.1, -0.05) is 11.8 Å². The fraction of sp³-hybridized carbons (Fsp3) is 0. The van der Waals surface area contributed by atoms with Crippen LogP contribution in [0.25, 0.3) is 40.3 Å². The van der Waals surface area contributed by atoms with Gasteiger partial charge in [-0.25, -0.2) is 0 Å². The Hall–Kier alpha value is -2.89. The Morgan fingerprint density at radius 1 is 0.640 bits per heavy atom. The van der Waals surface area contributed by atoms with E-state index in [1.54, 1.807) is 0 Å². The Balaban J connectivity index is 0.00000157. The number of rotatable bonds is 0. The molecule has 0 saturated carbocycles. The smallest absolute Gasteiger partial charge is 0.0657 e. The Bertz CT molecular complexity index is 1080. The molecule has 5 heterocycles. The molecule has 2 aliphatic rings. The van der Waals surface area contributed by atoms with Gasteiger partial charge in [-0.15, -0.1) is 12.1 Å². The number of aromatic amines is 2. The molecule has 5 rings (SSSR count). The van der Waals surface area contributed by atoms with Gasteiger partial charge < -0.3 is 15.0 Å². The van der Waals surface area contributed by atoms with Crippen LogP contribution in [0.3, 0.4) is 0 Å². The molecule has 3 aromatic rings. The number of aromatic nitrogens is 4. The summed E-state index contributed by atoms with van der Waals surface area (Å²) in [5, 5.41) is 0. The number of H-pyrrole nitrogens is 2. The zero-order valence-corrected chi connectivity index (χ0v) is 14.1. The van der Waals surface area contributed by atoms with Crippen LogP contribution in [0.15, 0.2) is 48.5 Å². The van der Waals surface area contributed by atoms with Gasteiger partial charge in [0.2, 0.25) is 0 Å². The molecule has 2 N–H and O–H groups in total. The van der Waals surface area contributed by atoms with Gasteiger partial charge in [-0.2, -0.15) is 6.08 Å². The van der Waals surface area contributed by atoms with Crippen LogP contribution >= 0.6 is 0 Å². The van der Waals surface area contributed by atoms with E-state index < -0.39 is 0 Å². The summed E-state index contributed by atoms with van der Waals surface area (Å²) in [6.07, 6.45) is 9.06. The summed E-state index contributed by atoms with van der Waals surface area (Å²) in [5.41, 5.74) is 7.59. The molecule has 0 saturated heterocycles. The van der Waals surface area contributed by atoms with Gasteiger partial charge in [0.15, 0.2) is 0 Å². The number of nitrogens with one attached hydrogen (secondary N) is 2. The molecule has 0 spiro atoms. The van der Waals surface area contributed by atoms with E-state index in [0.717, 1.165) is 44.8 Å². The van der Waals surface area contributed by atoms with Crippen molar-refractivity contribution in [2.45, 2.75) is 0 Å². The fourth-order valence-electron chi connectivity index (χ4n) is 2.88. The first-order chi connectivity index (χ1) is 11.8. The molecule has 0 aromatic carbocycles. The zero-order valence-electron chi connectivity index (χ0n) is 13.1. The van der Waals surface area contributed by atoms with E-state index in [4.69, 9.17) is 0 Å². The van der Waals surface area contributed by atoms with E-state index in [0.29, 0.717) is 0 Å². The number of hydrogen-bond acceptors (Lipinski definition) is 2. The molecule has 5 heteroatoms. The van der Waals surface area contributed by atoms with Crippen LogP contribution in [0.2, 0.25) is 0 Å². The maximum atomic E-state index is 4.61. The van der Waals surface area contributed by atoms with Crippen molar-refractivity contribution in [2.24, 2.45) is 0 Å². The van der Waals surface area contributed by atoms with Gasteiger partial charge >= 0.3 is 0 Å². The predicted molar refractivity (Wildman–Crippen MR) is 96.7 cm³/mol. The topological polar surface area (TPSA) is 57.4 Å². The normalized spacial score (nSPS) is 12.2. The molecule has 0 aliphatic carbocycles. The van der Waals surface area contributed by atoms with Gasteiger partial charge in [-0.3, -0.25) is 4.98 Å². The average Bonchev–Trinajstić information content (AvgIpc) is 3.32. The van der Waals surface area contributed by atoms with Crippen LogP contribution in [0.4, 0.5) is 0 Å². The summed E-state index contributed by atoms with van der Waals surface area (Å²) >= 11 is 0. The van der Waals surface area contributed by atoms with Crippen LogP contribution in [0.1, 0.15) is 22.8 Å². The second-order valence-electron chi connectivity index (χ2n) is 5.82. The third kappa shape index (κ3) is 3.20. The summed E-state index contributed by atoms with van der Waals surface area (Å²) in [6, 6.07) is 16.3. The summed E-state index contributed by atoms with van der Waals surface area (Å²) in [4.78, 5) is 15.9. The van der Waals surface area contributed by atoms with Crippen molar-refractivity contribution < 1.29 is 16.8 Å². The van der Waals surface area contributed by atoms with E-state index in [1.165, 1.54) is 0 Å². The number of hydrogen-bond donors (Lipinski definition) is 2. The Morgan fingerprint density at radius 2 is 1.24 bits per heavy atom. The van der Waals surface area contributed by atoms with Gasteiger partial charge in [0.25, 0.3) is 0 Å². The monoisotopic (exact) mass is 368 g/mol. The molecule has 3 aromatic heterocycles. The van der Waals surface area contributed by atoms with Gasteiger partial charge in [0, 0.05) is 33.3 Å². The predicted octanol–water partition coefficient (Wildman–Crippen LogP) is 4.35. The minimum absolute atomic E-state index is 0. The quantitative estimate of drug-likeness (QED) is 0.399. The van der Waals surface area contributed by atoms with Crippen LogP contribution in [0.5, 0.6) is 0 Å². The van der Waals surface area contributed by atoms with E-state index in [1.807, 2.05) is 42.5 Å². The van der Waals surface area contributed by atoms with Crippen LogP contribution in [-0.2, 0) is 16.8 Å². The van der Waals surface area contributed by atoms with Crippen molar-refractivity contribution in [3.63, 3.8) is 0 Å². The van der Waals surface area contributed by atoms with Crippen LogP contribution in [0, 0.1) is 6.08 Å². The Labute approximate surface area is 154 Å². The molecule has 2 aliphatic heterocycles. The maximum Gasteiger partial charge on any atom is 0.0657 e. The molecule has 25 heavy (non-hydrogen) atoms. The van der Waals surface area contributed by atoms with Gasteiger partial charge in [0.05, 0.1) is 11.4 Å². The van der Waals surface area contributed by atoms with Crippen molar-refractivity contribution >= 4 is 40.3 Å². The van der Waals surface area contributed by atoms with E-state index in [2.05, 4.69) is 50.3 Å². The second-order valence-corrected chi connectivity index (χ2v) is 5.82. The van der Waals surface area contributed by atoms with Crippen molar-refractivity contribution in [3.8, 4) is 0 Å². The molecule has 123 valence electrons. The molecule has 1 radical (unpaired) electrons. The standard InChI is InChI=1S/C20H13N4.Co/c1-2-14-10-16-5-6-18(23-16)12-20-8-7-19(24-20)11-17-4-3-15(22-17)9-13(1)21-14;/h1-7,9-12,21,23H;/q-1;. The molecule has 8 bridgehead atoms. The maximum absolute atomic E-state index is 4.61. The zero-order chi connectivity index (χ0) is 15.9. The Morgan fingerprint density at radius 3 is 1.96 bits per heavy atom. The molecule has 0 unspecified atom stereocenters. The second kappa shape index (κ2) is 6.20. The van der Waals surface area contributed by atoms with Gasteiger partial charge in [-0.05, 0) is 59.8 Å². The van der Waals surface area contributed by atoms with Crippen LogP contribution < -0.4 is 0 Å². The fourth-order valence-corrected chi connectivity index (χ4v) is 2.88. The number of nitrogens with zero attached hydrogens (tertiary/aromatic N) is 2. The van der Waals surface area contributed by atoms with E-state index >= 15 is 0 Å². The van der Waals surface area contributed by atoms with Crippen molar-refractivity contribution in [3.05, 3.63) is 77.4 Å². The first kappa shape index (κ1) is 15.6. The molecule has 0 atom stereocenters. The largest absolute Gasteiger partial charge is 0.366 e. The summed E-state index contributed by atoms with van der Waals surface area (Å²) < 4.78 is 0. The molecular weight excluding hydrogens is 355 g/mol. The third-order valence-electron chi connectivity index (χ3n) is 3.97. The molecular formula is C20H13CoN4-. The first-order valence-corrected chi connectivity index (χ1v) is 7.76. The minimum Gasteiger partial charge on any atom is -0.366 e. The van der Waals surface area contributed by atoms with Crippen molar-refractivity contribution in [1.82, 2.24) is 19.9 Å².